The maximum absolute atomic E-state index is 12.6. The first kappa shape index (κ1) is 17.5. The third kappa shape index (κ3) is 3.92. The first-order chi connectivity index (χ1) is 10.7. The minimum absolute atomic E-state index is 0.193. The molecule has 1 atom stereocenters. The molecule has 124 valence electrons. The van der Waals surface area contributed by atoms with Gasteiger partial charge in [0, 0.05) is 22.0 Å². The third-order valence-electron chi connectivity index (χ3n) is 3.40. The molecule has 0 saturated heterocycles. The number of hydrogen-bond acceptors (Lipinski definition) is 4. The molecule has 2 aromatic rings. The molecule has 0 aliphatic heterocycles. The molecule has 0 heterocycles. The van der Waals surface area contributed by atoms with E-state index in [1.807, 2.05) is 0 Å². The van der Waals surface area contributed by atoms with Gasteiger partial charge in [-0.3, -0.25) is 8.93 Å². The highest BCUT2D eigenvalue weighted by molar-refractivity contribution is 7.92. The molecule has 5 nitrogen and oxygen atoms in total. The van der Waals surface area contributed by atoms with E-state index in [4.69, 9.17) is 4.74 Å². The summed E-state index contributed by atoms with van der Waals surface area (Å²) in [6.07, 6.45) is 1.55. The van der Waals surface area contributed by atoms with Crippen molar-refractivity contribution >= 4 is 26.5 Å². The number of sulfonamides is 1. The summed E-state index contributed by atoms with van der Waals surface area (Å²) in [7, 11) is -3.37. The Kier molecular flexibility index (Phi) is 5.11. The van der Waals surface area contributed by atoms with E-state index in [1.165, 1.54) is 0 Å². The topological polar surface area (TPSA) is 72.5 Å². The average molecular weight is 353 g/mol. The van der Waals surface area contributed by atoms with Gasteiger partial charge in [0.25, 0.3) is 10.0 Å². The van der Waals surface area contributed by atoms with Gasteiger partial charge < -0.3 is 4.74 Å². The van der Waals surface area contributed by atoms with Crippen molar-refractivity contribution in [3.05, 3.63) is 47.5 Å². The molecule has 0 spiro atoms. The highest BCUT2D eigenvalue weighted by Crippen LogP contribution is 2.27. The van der Waals surface area contributed by atoms with Gasteiger partial charge in [-0.25, -0.2) is 8.42 Å². The standard InChI is InChI=1S/C16H19NO4S2/c1-11-9-16(12(2)8-15(11)21-3)23(19,20)17-13-6-5-7-14(10-13)22(4)18/h5-10,17H,1-4H3. The molecule has 0 aliphatic rings. The molecule has 2 aromatic carbocycles. The highest BCUT2D eigenvalue weighted by atomic mass is 32.2. The molecule has 0 radical (unpaired) electrons. The van der Waals surface area contributed by atoms with Crippen molar-refractivity contribution in [1.82, 2.24) is 0 Å². The van der Waals surface area contributed by atoms with Gasteiger partial charge in [-0.15, -0.1) is 0 Å². The van der Waals surface area contributed by atoms with Crippen LogP contribution >= 0.6 is 0 Å². The summed E-state index contributed by atoms with van der Waals surface area (Å²) in [5, 5.41) is 0. The number of aryl methyl sites for hydroxylation is 2. The van der Waals surface area contributed by atoms with Crippen LogP contribution in [-0.4, -0.2) is 26.0 Å². The van der Waals surface area contributed by atoms with Crippen LogP contribution < -0.4 is 9.46 Å². The summed E-state index contributed by atoms with van der Waals surface area (Å²) in [6, 6.07) is 9.83. The molecule has 0 aliphatic carbocycles. The fourth-order valence-electron chi connectivity index (χ4n) is 2.22. The van der Waals surface area contributed by atoms with E-state index in [-0.39, 0.29) is 4.90 Å². The van der Waals surface area contributed by atoms with Crippen LogP contribution in [0.4, 0.5) is 5.69 Å². The first-order valence-electron chi connectivity index (χ1n) is 6.86. The van der Waals surface area contributed by atoms with Crippen molar-refractivity contribution in [2.24, 2.45) is 0 Å². The smallest absolute Gasteiger partial charge is 0.262 e. The Labute approximate surface area is 139 Å². The van der Waals surface area contributed by atoms with Crippen LogP contribution in [0, 0.1) is 13.8 Å². The lowest BCUT2D eigenvalue weighted by Gasteiger charge is -2.13. The monoisotopic (exact) mass is 353 g/mol. The van der Waals surface area contributed by atoms with E-state index >= 15 is 0 Å². The Hall–Kier alpha value is -1.86. The fraction of sp³-hybridized carbons (Fsp3) is 0.250. The van der Waals surface area contributed by atoms with E-state index in [1.54, 1.807) is 63.6 Å². The summed E-state index contributed by atoms with van der Waals surface area (Å²) >= 11 is 0. The number of benzene rings is 2. The van der Waals surface area contributed by atoms with Gasteiger partial charge in [0.2, 0.25) is 0 Å². The predicted octanol–water partition coefficient (Wildman–Crippen LogP) is 2.85. The van der Waals surface area contributed by atoms with E-state index in [9.17, 15) is 12.6 Å². The van der Waals surface area contributed by atoms with Gasteiger partial charge >= 0.3 is 0 Å². The second kappa shape index (κ2) is 6.72. The minimum atomic E-state index is -3.74. The predicted molar refractivity (Wildman–Crippen MR) is 92.1 cm³/mol. The average Bonchev–Trinajstić information content (AvgIpc) is 2.48. The number of nitrogens with one attached hydrogen (secondary N) is 1. The Bertz CT molecular complexity index is 860. The molecule has 0 bridgehead atoms. The fourth-order valence-corrected chi connectivity index (χ4v) is 4.15. The van der Waals surface area contributed by atoms with Gasteiger partial charge in [0.05, 0.1) is 17.7 Å². The van der Waals surface area contributed by atoms with E-state index < -0.39 is 20.8 Å². The number of hydrogen-bond donors (Lipinski definition) is 1. The molecular weight excluding hydrogens is 334 g/mol. The normalized spacial score (nSPS) is 12.7. The maximum atomic E-state index is 12.6. The van der Waals surface area contributed by atoms with Gasteiger partial charge in [-0.2, -0.15) is 0 Å². The lowest BCUT2D eigenvalue weighted by atomic mass is 10.1. The maximum Gasteiger partial charge on any atom is 0.262 e. The van der Waals surface area contributed by atoms with Gasteiger partial charge in [-0.1, -0.05) is 6.07 Å². The van der Waals surface area contributed by atoms with Crippen LogP contribution in [0.15, 0.2) is 46.2 Å². The SMILES string of the molecule is COc1cc(C)c(S(=O)(=O)Nc2cccc(S(C)=O)c2)cc1C. The number of rotatable bonds is 5. The second-order valence-electron chi connectivity index (χ2n) is 5.17. The van der Waals surface area contributed by atoms with Crippen molar-refractivity contribution in [1.29, 1.82) is 0 Å². The molecule has 2 rings (SSSR count). The molecule has 23 heavy (non-hydrogen) atoms. The van der Waals surface area contributed by atoms with Gasteiger partial charge in [-0.05, 0) is 55.3 Å². The van der Waals surface area contributed by atoms with E-state index in [0.29, 0.717) is 21.9 Å². The van der Waals surface area contributed by atoms with Gasteiger partial charge in [0.1, 0.15) is 5.75 Å². The molecule has 1 N–H and O–H groups in total. The summed E-state index contributed by atoms with van der Waals surface area (Å²) in [5.74, 6) is 0.643. The minimum Gasteiger partial charge on any atom is -0.496 e. The summed E-state index contributed by atoms with van der Waals surface area (Å²) in [4.78, 5) is 0.756. The summed E-state index contributed by atoms with van der Waals surface area (Å²) < 4.78 is 44.5. The Morgan fingerprint density at radius 3 is 2.39 bits per heavy atom. The Morgan fingerprint density at radius 1 is 1.09 bits per heavy atom. The number of methoxy groups -OCH3 is 1. The summed E-state index contributed by atoms with van der Waals surface area (Å²) in [6.45, 7) is 3.51. The van der Waals surface area contributed by atoms with Crippen molar-refractivity contribution < 1.29 is 17.4 Å². The van der Waals surface area contributed by atoms with Crippen molar-refractivity contribution in [3.63, 3.8) is 0 Å². The first-order valence-corrected chi connectivity index (χ1v) is 9.90. The van der Waals surface area contributed by atoms with Gasteiger partial charge in [0.15, 0.2) is 0 Å². The Morgan fingerprint density at radius 2 is 1.78 bits per heavy atom. The van der Waals surface area contributed by atoms with Crippen LogP contribution in [0.1, 0.15) is 11.1 Å². The highest BCUT2D eigenvalue weighted by Gasteiger charge is 2.19. The molecule has 0 saturated carbocycles. The third-order valence-corrected chi connectivity index (χ3v) is 5.84. The van der Waals surface area contributed by atoms with Crippen molar-refractivity contribution in [3.8, 4) is 5.75 Å². The van der Waals surface area contributed by atoms with E-state index in [2.05, 4.69) is 4.72 Å². The van der Waals surface area contributed by atoms with Crippen LogP contribution in [0.5, 0.6) is 5.75 Å². The largest absolute Gasteiger partial charge is 0.496 e. The zero-order chi connectivity index (χ0) is 17.2. The van der Waals surface area contributed by atoms with Crippen LogP contribution in [0.25, 0.3) is 0 Å². The summed E-state index contributed by atoms with van der Waals surface area (Å²) in [5.41, 5.74) is 1.71. The molecule has 0 aromatic heterocycles. The van der Waals surface area contributed by atoms with Crippen molar-refractivity contribution in [2.75, 3.05) is 18.1 Å². The zero-order valence-corrected chi connectivity index (χ0v) is 15.0. The van der Waals surface area contributed by atoms with E-state index in [0.717, 1.165) is 5.56 Å². The zero-order valence-electron chi connectivity index (χ0n) is 13.4. The lowest BCUT2D eigenvalue weighted by molar-refractivity contribution is 0.411. The lowest BCUT2D eigenvalue weighted by Crippen LogP contribution is -2.15. The quantitative estimate of drug-likeness (QED) is 0.897. The van der Waals surface area contributed by atoms with Crippen LogP contribution in [-0.2, 0) is 20.8 Å². The molecule has 0 fully saturated rings. The molecule has 0 amide bonds. The van der Waals surface area contributed by atoms with Crippen LogP contribution in [0.3, 0.4) is 0 Å². The molecular formula is C16H19NO4S2. The number of ether oxygens (including phenoxy) is 1. The molecule has 7 heteroatoms. The molecule has 1 unspecified atom stereocenters. The second-order valence-corrected chi connectivity index (χ2v) is 8.21. The number of anilines is 1. The van der Waals surface area contributed by atoms with Crippen LogP contribution in [0.2, 0.25) is 0 Å². The Balaban J connectivity index is 2.42. The van der Waals surface area contributed by atoms with Crippen molar-refractivity contribution in [2.45, 2.75) is 23.6 Å².